The minimum Gasteiger partial charge on any atom is -0.444 e. The Balaban J connectivity index is 1.91. The molecule has 1 N–H and O–H groups in total. The number of rotatable bonds is 3. The molecule has 2 aromatic rings. The van der Waals surface area contributed by atoms with Crippen molar-refractivity contribution in [3.8, 4) is 0 Å². The van der Waals surface area contributed by atoms with Crippen LogP contribution in [0.15, 0.2) is 41.1 Å². The Morgan fingerprint density at radius 1 is 1.37 bits per heavy atom. The molecule has 0 fully saturated rings. The van der Waals surface area contributed by atoms with E-state index in [4.69, 9.17) is 4.74 Å². The van der Waals surface area contributed by atoms with Crippen LogP contribution in [0.2, 0.25) is 0 Å². The largest absolute Gasteiger partial charge is 0.444 e. The van der Waals surface area contributed by atoms with E-state index in [0.29, 0.717) is 16.1 Å². The van der Waals surface area contributed by atoms with E-state index < -0.39 is 6.09 Å². The van der Waals surface area contributed by atoms with Gasteiger partial charge in [0.1, 0.15) is 11.2 Å². The van der Waals surface area contributed by atoms with E-state index in [1.807, 2.05) is 30.3 Å². The second-order valence-electron chi connectivity index (χ2n) is 3.81. The molecule has 0 spiro atoms. The monoisotopic (exact) mass is 321 g/mol. The molecule has 6 heteroatoms. The molecule has 1 amide bonds. The van der Waals surface area contributed by atoms with Crippen LogP contribution in [-0.2, 0) is 11.3 Å². The lowest BCUT2D eigenvalue weighted by Crippen LogP contribution is -2.15. The van der Waals surface area contributed by atoms with Crippen LogP contribution in [0.3, 0.4) is 0 Å². The van der Waals surface area contributed by atoms with Crippen molar-refractivity contribution in [1.82, 2.24) is 9.97 Å². The SMILES string of the molecule is Cc1nc(Br)cnc1NC(=O)OCc1ccccc1. The number of aryl methyl sites for hydroxylation is 1. The lowest BCUT2D eigenvalue weighted by Gasteiger charge is -2.08. The summed E-state index contributed by atoms with van der Waals surface area (Å²) in [5.41, 5.74) is 1.54. The van der Waals surface area contributed by atoms with Gasteiger partial charge in [0.25, 0.3) is 0 Å². The number of nitrogens with zero attached hydrogens (tertiary/aromatic N) is 2. The summed E-state index contributed by atoms with van der Waals surface area (Å²) in [4.78, 5) is 19.8. The number of hydrogen-bond acceptors (Lipinski definition) is 4. The summed E-state index contributed by atoms with van der Waals surface area (Å²) in [6, 6.07) is 9.46. The number of nitrogens with one attached hydrogen (secondary N) is 1. The fourth-order valence-corrected chi connectivity index (χ4v) is 1.80. The normalized spacial score (nSPS) is 10.0. The molecule has 5 nitrogen and oxygen atoms in total. The van der Waals surface area contributed by atoms with E-state index in [9.17, 15) is 4.79 Å². The number of carbonyl (C=O) groups excluding carboxylic acids is 1. The Morgan fingerprint density at radius 2 is 2.11 bits per heavy atom. The molecule has 0 saturated heterocycles. The molecule has 1 heterocycles. The van der Waals surface area contributed by atoms with E-state index in [2.05, 4.69) is 31.2 Å². The third kappa shape index (κ3) is 4.03. The Labute approximate surface area is 119 Å². The Bertz CT molecular complexity index is 575. The van der Waals surface area contributed by atoms with Crippen molar-refractivity contribution >= 4 is 27.8 Å². The minimum absolute atomic E-state index is 0.218. The van der Waals surface area contributed by atoms with E-state index in [1.165, 1.54) is 6.20 Å². The van der Waals surface area contributed by atoms with Crippen molar-refractivity contribution in [3.63, 3.8) is 0 Å². The number of halogens is 1. The molecular formula is C13H12BrN3O2. The van der Waals surface area contributed by atoms with Gasteiger partial charge < -0.3 is 4.74 Å². The van der Waals surface area contributed by atoms with Gasteiger partial charge in [-0.05, 0) is 28.4 Å². The summed E-state index contributed by atoms with van der Waals surface area (Å²) < 4.78 is 5.71. The number of benzene rings is 1. The highest BCUT2D eigenvalue weighted by Gasteiger charge is 2.08. The molecule has 0 aliphatic heterocycles. The smallest absolute Gasteiger partial charge is 0.413 e. The number of hydrogen-bond donors (Lipinski definition) is 1. The lowest BCUT2D eigenvalue weighted by molar-refractivity contribution is 0.155. The van der Waals surface area contributed by atoms with Crippen LogP contribution in [0.1, 0.15) is 11.3 Å². The van der Waals surface area contributed by atoms with E-state index >= 15 is 0 Å². The highest BCUT2D eigenvalue weighted by atomic mass is 79.9. The van der Waals surface area contributed by atoms with Gasteiger partial charge in [0.2, 0.25) is 0 Å². The van der Waals surface area contributed by atoms with Crippen molar-refractivity contribution in [2.45, 2.75) is 13.5 Å². The molecule has 1 aromatic carbocycles. The highest BCUT2D eigenvalue weighted by Crippen LogP contribution is 2.12. The standard InChI is InChI=1S/C13H12BrN3O2/c1-9-12(15-7-11(14)16-9)17-13(18)19-8-10-5-3-2-4-6-10/h2-7H,8H2,1H3,(H,15,17,18). The summed E-state index contributed by atoms with van der Waals surface area (Å²) in [6.45, 7) is 1.97. The first-order chi connectivity index (χ1) is 9.15. The zero-order valence-corrected chi connectivity index (χ0v) is 11.8. The van der Waals surface area contributed by atoms with Gasteiger partial charge in [0, 0.05) is 0 Å². The number of anilines is 1. The number of ether oxygens (including phenoxy) is 1. The third-order valence-electron chi connectivity index (χ3n) is 2.35. The van der Waals surface area contributed by atoms with Crippen LogP contribution in [0.4, 0.5) is 10.6 Å². The van der Waals surface area contributed by atoms with Crippen LogP contribution in [0.5, 0.6) is 0 Å². The maximum absolute atomic E-state index is 11.6. The molecule has 0 radical (unpaired) electrons. The molecule has 19 heavy (non-hydrogen) atoms. The molecule has 0 saturated carbocycles. The van der Waals surface area contributed by atoms with Gasteiger partial charge >= 0.3 is 6.09 Å². The molecule has 98 valence electrons. The number of amides is 1. The van der Waals surface area contributed by atoms with E-state index in [1.54, 1.807) is 6.92 Å². The van der Waals surface area contributed by atoms with E-state index in [-0.39, 0.29) is 6.61 Å². The maximum atomic E-state index is 11.6. The number of aromatic nitrogens is 2. The fraction of sp³-hybridized carbons (Fsp3) is 0.154. The van der Waals surface area contributed by atoms with Gasteiger partial charge in [-0.2, -0.15) is 0 Å². The van der Waals surface area contributed by atoms with E-state index in [0.717, 1.165) is 5.56 Å². The second kappa shape index (κ2) is 6.29. The topological polar surface area (TPSA) is 64.1 Å². The third-order valence-corrected chi connectivity index (χ3v) is 2.73. The molecule has 0 aliphatic rings. The van der Waals surface area contributed by atoms with Crippen LogP contribution < -0.4 is 5.32 Å². The first kappa shape index (κ1) is 13.5. The van der Waals surface area contributed by atoms with Gasteiger partial charge in [-0.25, -0.2) is 14.8 Å². The number of carbonyl (C=O) groups is 1. The molecule has 0 aliphatic carbocycles. The summed E-state index contributed by atoms with van der Waals surface area (Å²) >= 11 is 3.21. The van der Waals surface area contributed by atoms with Crippen molar-refractivity contribution in [2.75, 3.05) is 5.32 Å². The van der Waals surface area contributed by atoms with Crippen molar-refractivity contribution < 1.29 is 9.53 Å². The Morgan fingerprint density at radius 3 is 2.79 bits per heavy atom. The molecule has 0 unspecified atom stereocenters. The van der Waals surface area contributed by atoms with Gasteiger partial charge in [-0.3, -0.25) is 5.32 Å². The van der Waals surface area contributed by atoms with Gasteiger partial charge in [0.15, 0.2) is 5.82 Å². The van der Waals surface area contributed by atoms with Gasteiger partial charge in [-0.15, -0.1) is 0 Å². The Kier molecular flexibility index (Phi) is 4.46. The minimum atomic E-state index is -0.552. The summed E-state index contributed by atoms with van der Waals surface area (Å²) in [6.07, 6.45) is 0.961. The molecule has 0 atom stereocenters. The average Bonchev–Trinajstić information content (AvgIpc) is 2.41. The summed E-state index contributed by atoms with van der Waals surface area (Å²) in [5, 5.41) is 2.55. The fourth-order valence-electron chi connectivity index (χ4n) is 1.43. The predicted octanol–water partition coefficient (Wildman–Crippen LogP) is 3.30. The predicted molar refractivity (Wildman–Crippen MR) is 74.7 cm³/mol. The van der Waals surface area contributed by atoms with Crippen LogP contribution in [0, 0.1) is 6.92 Å². The average molecular weight is 322 g/mol. The highest BCUT2D eigenvalue weighted by molar-refractivity contribution is 9.10. The zero-order chi connectivity index (χ0) is 13.7. The maximum Gasteiger partial charge on any atom is 0.413 e. The molecule has 0 bridgehead atoms. The van der Waals surface area contributed by atoms with Gasteiger partial charge in [-0.1, -0.05) is 30.3 Å². The quantitative estimate of drug-likeness (QED) is 0.942. The zero-order valence-electron chi connectivity index (χ0n) is 10.3. The lowest BCUT2D eigenvalue weighted by atomic mass is 10.2. The summed E-state index contributed by atoms with van der Waals surface area (Å²) in [5.74, 6) is 0.390. The molecule has 1 aromatic heterocycles. The Hall–Kier alpha value is -1.95. The van der Waals surface area contributed by atoms with Crippen LogP contribution >= 0.6 is 15.9 Å². The van der Waals surface area contributed by atoms with Crippen LogP contribution in [0.25, 0.3) is 0 Å². The van der Waals surface area contributed by atoms with Crippen molar-refractivity contribution in [1.29, 1.82) is 0 Å². The van der Waals surface area contributed by atoms with Gasteiger partial charge in [0.05, 0.1) is 11.9 Å². The summed E-state index contributed by atoms with van der Waals surface area (Å²) in [7, 11) is 0. The molecule has 2 rings (SSSR count). The molecular weight excluding hydrogens is 310 g/mol. The second-order valence-corrected chi connectivity index (χ2v) is 4.63. The van der Waals surface area contributed by atoms with Crippen molar-refractivity contribution in [3.05, 3.63) is 52.4 Å². The first-order valence-corrected chi connectivity index (χ1v) is 6.41. The van der Waals surface area contributed by atoms with Crippen LogP contribution in [-0.4, -0.2) is 16.1 Å². The van der Waals surface area contributed by atoms with Crippen molar-refractivity contribution in [2.24, 2.45) is 0 Å². The first-order valence-electron chi connectivity index (χ1n) is 5.62.